The molecule has 5 heteroatoms. The van der Waals surface area contributed by atoms with Crippen LogP contribution in [-0.4, -0.2) is 14.5 Å². The maximum Gasteiger partial charge on any atom is 0.147 e. The first-order valence-electron chi connectivity index (χ1n) is 10.7. The standard InChI is InChI=1S/C28H16FN3S/c29-21-15-16-30-28-25(21)19-10-6-11-20(26(19)33-28)27-31-22-12-3-4-13-24(22)32(27)23-14-5-8-17-7-1-2-9-18(17)23/h1-16H. The van der Waals surface area contributed by atoms with Crippen LogP contribution in [0.25, 0.3) is 59.2 Å². The van der Waals surface area contributed by atoms with Gasteiger partial charge in [0.2, 0.25) is 0 Å². The van der Waals surface area contributed by atoms with Crippen molar-refractivity contribution in [3.05, 3.63) is 103 Å². The molecule has 0 radical (unpaired) electrons. The predicted molar refractivity (Wildman–Crippen MR) is 135 cm³/mol. The lowest BCUT2D eigenvalue weighted by atomic mass is 10.1. The Hall–Kier alpha value is -4.09. The highest BCUT2D eigenvalue weighted by Crippen LogP contribution is 2.41. The van der Waals surface area contributed by atoms with E-state index >= 15 is 0 Å². The van der Waals surface area contributed by atoms with Gasteiger partial charge in [0.25, 0.3) is 0 Å². The van der Waals surface area contributed by atoms with Crippen LogP contribution in [0.1, 0.15) is 0 Å². The first kappa shape index (κ1) is 18.5. The summed E-state index contributed by atoms with van der Waals surface area (Å²) in [4.78, 5) is 10.2. The normalized spacial score (nSPS) is 11.8. The Bertz CT molecular complexity index is 1840. The lowest BCUT2D eigenvalue weighted by Crippen LogP contribution is -1.98. The van der Waals surface area contributed by atoms with Crippen molar-refractivity contribution in [2.45, 2.75) is 0 Å². The lowest BCUT2D eigenvalue weighted by Gasteiger charge is -2.13. The summed E-state index contributed by atoms with van der Waals surface area (Å²) < 4.78 is 17.9. The van der Waals surface area contributed by atoms with Crippen LogP contribution in [0.15, 0.2) is 97.2 Å². The summed E-state index contributed by atoms with van der Waals surface area (Å²) in [5, 5.41) is 3.77. The molecular formula is C28H16FN3S. The van der Waals surface area contributed by atoms with Gasteiger partial charge in [-0.25, -0.2) is 14.4 Å². The van der Waals surface area contributed by atoms with E-state index in [-0.39, 0.29) is 5.82 Å². The van der Waals surface area contributed by atoms with Crippen LogP contribution < -0.4 is 0 Å². The molecule has 0 unspecified atom stereocenters. The van der Waals surface area contributed by atoms with Crippen LogP contribution in [0.2, 0.25) is 0 Å². The highest BCUT2D eigenvalue weighted by atomic mass is 32.1. The van der Waals surface area contributed by atoms with Crippen molar-refractivity contribution in [3.8, 4) is 17.1 Å². The minimum atomic E-state index is -0.244. The van der Waals surface area contributed by atoms with Crippen LogP contribution in [0, 0.1) is 5.82 Å². The van der Waals surface area contributed by atoms with Gasteiger partial charge in [0, 0.05) is 27.2 Å². The number of thiophene rings is 1. The van der Waals surface area contributed by atoms with Gasteiger partial charge < -0.3 is 0 Å². The topological polar surface area (TPSA) is 30.7 Å². The number of hydrogen-bond donors (Lipinski definition) is 0. The molecule has 0 atom stereocenters. The summed E-state index contributed by atoms with van der Waals surface area (Å²) in [5.41, 5.74) is 3.99. The predicted octanol–water partition coefficient (Wildman–Crippen LogP) is 7.75. The van der Waals surface area contributed by atoms with Crippen molar-refractivity contribution in [3.63, 3.8) is 0 Å². The van der Waals surface area contributed by atoms with Crippen molar-refractivity contribution in [2.24, 2.45) is 0 Å². The quantitative estimate of drug-likeness (QED) is 0.272. The Kier molecular flexibility index (Phi) is 3.89. The Labute approximate surface area is 192 Å². The average Bonchev–Trinajstić information content (AvgIpc) is 3.43. The Morgan fingerprint density at radius 2 is 1.55 bits per heavy atom. The van der Waals surface area contributed by atoms with Crippen LogP contribution in [0.5, 0.6) is 0 Å². The van der Waals surface area contributed by atoms with E-state index in [4.69, 9.17) is 4.98 Å². The Balaban J connectivity index is 1.63. The fourth-order valence-corrected chi connectivity index (χ4v) is 5.88. The Morgan fingerprint density at radius 3 is 2.52 bits per heavy atom. The molecular weight excluding hydrogens is 429 g/mol. The number of aromatic nitrogens is 3. The molecule has 0 fully saturated rings. The van der Waals surface area contributed by atoms with E-state index in [0.29, 0.717) is 10.2 Å². The van der Waals surface area contributed by atoms with E-state index in [1.807, 2.05) is 30.3 Å². The third kappa shape index (κ3) is 2.66. The zero-order valence-corrected chi connectivity index (χ0v) is 18.2. The van der Waals surface area contributed by atoms with Gasteiger partial charge >= 0.3 is 0 Å². The maximum absolute atomic E-state index is 14.7. The molecule has 0 spiro atoms. The molecule has 3 heterocycles. The number of benzene rings is 4. The second-order valence-corrected chi connectivity index (χ2v) is 9.01. The molecule has 0 saturated carbocycles. The summed E-state index contributed by atoms with van der Waals surface area (Å²) in [5.74, 6) is 0.594. The Morgan fingerprint density at radius 1 is 0.758 bits per heavy atom. The summed E-state index contributed by atoms with van der Waals surface area (Å²) in [7, 11) is 0. The zero-order valence-electron chi connectivity index (χ0n) is 17.4. The van der Waals surface area contributed by atoms with Gasteiger partial charge in [-0.15, -0.1) is 11.3 Å². The lowest BCUT2D eigenvalue weighted by molar-refractivity contribution is 0.639. The zero-order chi connectivity index (χ0) is 21.9. The van der Waals surface area contributed by atoms with Crippen LogP contribution in [-0.2, 0) is 0 Å². The minimum Gasteiger partial charge on any atom is -0.292 e. The molecule has 0 amide bonds. The van der Waals surface area contributed by atoms with E-state index in [2.05, 4.69) is 64.1 Å². The molecule has 33 heavy (non-hydrogen) atoms. The SMILES string of the molecule is Fc1ccnc2sc3c(-c4nc5ccccc5n4-c4cccc5ccccc45)cccc3c12. The van der Waals surface area contributed by atoms with Crippen molar-refractivity contribution >= 4 is 53.4 Å². The van der Waals surface area contributed by atoms with Crippen molar-refractivity contribution < 1.29 is 4.39 Å². The number of imidazole rings is 1. The van der Waals surface area contributed by atoms with E-state index in [9.17, 15) is 4.39 Å². The molecule has 0 aliphatic rings. The van der Waals surface area contributed by atoms with E-state index in [0.717, 1.165) is 43.6 Å². The fourth-order valence-electron chi connectivity index (χ4n) is 4.71. The molecule has 0 aliphatic heterocycles. The smallest absolute Gasteiger partial charge is 0.147 e. The number of halogens is 1. The van der Waals surface area contributed by atoms with Crippen molar-refractivity contribution in [1.29, 1.82) is 0 Å². The largest absolute Gasteiger partial charge is 0.292 e. The number of fused-ring (bicyclic) bond motifs is 5. The highest BCUT2D eigenvalue weighted by Gasteiger charge is 2.20. The van der Waals surface area contributed by atoms with Crippen LogP contribution in [0.4, 0.5) is 4.39 Å². The first-order valence-corrected chi connectivity index (χ1v) is 11.5. The third-order valence-electron chi connectivity index (χ3n) is 6.16. The highest BCUT2D eigenvalue weighted by molar-refractivity contribution is 7.26. The van der Waals surface area contributed by atoms with Crippen LogP contribution >= 0.6 is 11.3 Å². The first-order chi connectivity index (χ1) is 16.3. The second-order valence-electron chi connectivity index (χ2n) is 8.02. The summed E-state index contributed by atoms with van der Waals surface area (Å²) in [6.07, 6.45) is 1.53. The summed E-state index contributed by atoms with van der Waals surface area (Å²) in [6.45, 7) is 0. The average molecular weight is 446 g/mol. The monoisotopic (exact) mass is 445 g/mol. The molecule has 0 saturated heterocycles. The van der Waals surface area contributed by atoms with Crippen molar-refractivity contribution in [1.82, 2.24) is 14.5 Å². The van der Waals surface area contributed by atoms with Gasteiger partial charge in [-0.3, -0.25) is 4.57 Å². The fraction of sp³-hybridized carbons (Fsp3) is 0. The molecule has 4 aromatic carbocycles. The molecule has 3 aromatic heterocycles. The van der Waals surface area contributed by atoms with Gasteiger partial charge in [0.05, 0.1) is 22.1 Å². The summed E-state index contributed by atoms with van der Waals surface area (Å²) >= 11 is 1.51. The molecule has 0 aliphatic carbocycles. The number of para-hydroxylation sites is 2. The van der Waals surface area contributed by atoms with Crippen LogP contribution in [0.3, 0.4) is 0 Å². The van der Waals surface area contributed by atoms with E-state index < -0.39 is 0 Å². The van der Waals surface area contributed by atoms with Gasteiger partial charge in [0.15, 0.2) is 0 Å². The van der Waals surface area contributed by atoms with Gasteiger partial charge in [-0.1, -0.05) is 60.7 Å². The molecule has 3 nitrogen and oxygen atoms in total. The molecule has 7 rings (SSSR count). The van der Waals surface area contributed by atoms with E-state index in [1.54, 1.807) is 0 Å². The van der Waals surface area contributed by atoms with Gasteiger partial charge in [0.1, 0.15) is 16.5 Å². The van der Waals surface area contributed by atoms with Crippen molar-refractivity contribution in [2.75, 3.05) is 0 Å². The maximum atomic E-state index is 14.7. The number of pyridine rings is 1. The second kappa shape index (κ2) is 6.95. The third-order valence-corrected chi connectivity index (χ3v) is 7.30. The van der Waals surface area contributed by atoms with E-state index in [1.165, 1.54) is 29.0 Å². The number of hydrogen-bond acceptors (Lipinski definition) is 3. The molecule has 0 bridgehead atoms. The number of rotatable bonds is 2. The molecule has 156 valence electrons. The minimum absolute atomic E-state index is 0.244. The van der Waals surface area contributed by atoms with Gasteiger partial charge in [-0.05, 0) is 35.7 Å². The summed E-state index contributed by atoms with van der Waals surface area (Å²) in [6, 6.07) is 30.3. The molecule has 0 N–H and O–H groups in total. The van der Waals surface area contributed by atoms with Gasteiger partial charge in [-0.2, -0.15) is 0 Å². The number of nitrogens with zero attached hydrogens (tertiary/aromatic N) is 3. The molecule has 7 aromatic rings.